The lowest BCUT2D eigenvalue weighted by Gasteiger charge is -2.38. The van der Waals surface area contributed by atoms with Crippen LogP contribution in [0.1, 0.15) is 52.8 Å². The number of benzene rings is 1. The summed E-state index contributed by atoms with van der Waals surface area (Å²) in [5.74, 6) is -3.81. The largest absolute Gasteiger partial charge is 0.481 e. The van der Waals surface area contributed by atoms with E-state index in [9.17, 15) is 23.5 Å². The molecule has 0 radical (unpaired) electrons. The van der Waals surface area contributed by atoms with Gasteiger partial charge in [0.05, 0.1) is 22.0 Å². The minimum Gasteiger partial charge on any atom is -0.481 e. The highest BCUT2D eigenvalue weighted by atomic mass is 35.5. The van der Waals surface area contributed by atoms with Gasteiger partial charge in [0, 0.05) is 18.7 Å². The number of halogens is 3. The van der Waals surface area contributed by atoms with Crippen LogP contribution in [0.15, 0.2) is 60.3 Å². The Morgan fingerprint density at radius 2 is 2.00 bits per heavy atom. The summed E-state index contributed by atoms with van der Waals surface area (Å²) in [4.78, 5) is 30.6. The van der Waals surface area contributed by atoms with Gasteiger partial charge in [0.25, 0.3) is 5.91 Å². The number of hydrogen-bond donors (Lipinski definition) is 2. The predicted octanol–water partition coefficient (Wildman–Crippen LogP) is 5.32. The Morgan fingerprint density at radius 3 is 2.69 bits per heavy atom. The number of allylic oxidation sites excluding steroid dienone is 3. The van der Waals surface area contributed by atoms with Crippen LogP contribution in [0.3, 0.4) is 0 Å². The van der Waals surface area contributed by atoms with E-state index in [2.05, 4.69) is 10.4 Å². The predicted molar refractivity (Wildman–Crippen MR) is 113 cm³/mol. The fourth-order valence-electron chi connectivity index (χ4n) is 4.56. The first-order valence-electron chi connectivity index (χ1n) is 10.1. The van der Waals surface area contributed by atoms with Crippen LogP contribution in [0.25, 0.3) is 0 Å². The van der Waals surface area contributed by atoms with E-state index in [0.717, 1.165) is 29.5 Å². The van der Waals surface area contributed by atoms with Crippen LogP contribution < -0.4 is 5.43 Å². The number of fused-ring (bicyclic) bond motifs is 1. The number of anilines is 1. The maximum absolute atomic E-state index is 14.4. The number of nitrogens with one attached hydrogen (secondary N) is 1. The van der Waals surface area contributed by atoms with Gasteiger partial charge >= 0.3 is 5.97 Å². The van der Waals surface area contributed by atoms with Crippen molar-refractivity contribution in [3.05, 3.63) is 82.2 Å². The molecule has 2 aliphatic carbocycles. The minimum absolute atomic E-state index is 0.190. The molecular weight excluding hydrogens is 440 g/mol. The number of carbonyl (C=O) groups is 2. The van der Waals surface area contributed by atoms with Crippen molar-refractivity contribution in [2.24, 2.45) is 5.41 Å². The highest BCUT2D eigenvalue weighted by Crippen LogP contribution is 2.53. The Kier molecular flexibility index (Phi) is 4.78. The molecule has 1 aromatic carbocycles. The summed E-state index contributed by atoms with van der Waals surface area (Å²) < 4.78 is 28.7. The average Bonchev–Trinajstić information content (AvgIpc) is 3.51. The molecule has 0 bridgehead atoms. The number of carbonyl (C=O) groups excluding carboxylic acids is 1. The van der Waals surface area contributed by atoms with Gasteiger partial charge < -0.3 is 5.11 Å². The molecule has 1 aromatic heterocycles. The first kappa shape index (κ1) is 20.6. The number of amides is 1. The van der Waals surface area contributed by atoms with Crippen molar-refractivity contribution in [3.8, 4) is 0 Å². The molecule has 1 aliphatic heterocycles. The number of hydrazine groups is 1. The van der Waals surface area contributed by atoms with Gasteiger partial charge in [-0.3, -0.25) is 20.0 Å². The van der Waals surface area contributed by atoms with Gasteiger partial charge in [-0.2, -0.15) is 0 Å². The van der Waals surface area contributed by atoms with Crippen LogP contribution >= 0.6 is 11.6 Å². The monoisotopic (exact) mass is 457 g/mol. The third-order valence-electron chi connectivity index (χ3n) is 6.13. The summed E-state index contributed by atoms with van der Waals surface area (Å²) in [6.07, 6.45) is 4.15. The van der Waals surface area contributed by atoms with Crippen molar-refractivity contribution in [3.63, 3.8) is 0 Å². The Bertz CT molecular complexity index is 1210. The van der Waals surface area contributed by atoms with Crippen molar-refractivity contribution in [1.29, 1.82) is 0 Å². The smallest absolute Gasteiger partial charge is 0.316 e. The third-order valence-corrected chi connectivity index (χ3v) is 6.44. The molecule has 3 aliphatic rings. The molecule has 164 valence electrons. The van der Waals surface area contributed by atoms with Crippen molar-refractivity contribution in [2.45, 2.75) is 31.2 Å². The van der Waals surface area contributed by atoms with E-state index in [1.807, 2.05) is 6.07 Å². The zero-order valence-electron chi connectivity index (χ0n) is 16.7. The number of carboxylic acid groups (broad SMARTS) is 1. The van der Waals surface area contributed by atoms with Gasteiger partial charge in [0.15, 0.2) is 0 Å². The zero-order chi connectivity index (χ0) is 22.6. The molecule has 0 saturated heterocycles. The molecule has 1 saturated carbocycles. The van der Waals surface area contributed by atoms with Crippen LogP contribution in [0, 0.1) is 5.41 Å². The van der Waals surface area contributed by atoms with Crippen LogP contribution in [0.2, 0.25) is 5.02 Å². The van der Waals surface area contributed by atoms with Crippen molar-refractivity contribution < 1.29 is 23.5 Å². The fourth-order valence-corrected chi connectivity index (χ4v) is 4.82. The molecule has 2 unspecified atom stereocenters. The molecule has 2 aromatic rings. The van der Waals surface area contributed by atoms with Crippen molar-refractivity contribution in [1.82, 2.24) is 9.99 Å². The Labute approximate surface area is 187 Å². The summed E-state index contributed by atoms with van der Waals surface area (Å²) >= 11 is 6.41. The van der Waals surface area contributed by atoms with Gasteiger partial charge in [0.2, 0.25) is 0 Å². The number of aromatic nitrogens is 1. The summed E-state index contributed by atoms with van der Waals surface area (Å²) in [5, 5.41) is 11.5. The van der Waals surface area contributed by atoms with Gasteiger partial charge in [-0.05, 0) is 48.6 Å². The maximum atomic E-state index is 14.4. The summed E-state index contributed by atoms with van der Waals surface area (Å²) in [7, 11) is 0. The van der Waals surface area contributed by atoms with E-state index >= 15 is 0 Å². The molecule has 0 spiro atoms. The molecule has 2 N–H and O–H groups in total. The topological polar surface area (TPSA) is 82.5 Å². The Balaban J connectivity index is 1.68. The first-order chi connectivity index (χ1) is 15.3. The van der Waals surface area contributed by atoms with Gasteiger partial charge in [0.1, 0.15) is 23.1 Å². The van der Waals surface area contributed by atoms with E-state index in [0.29, 0.717) is 11.8 Å². The normalized spacial score (nSPS) is 24.3. The lowest BCUT2D eigenvalue weighted by atomic mass is 9.72. The number of aliphatic carboxylic acids is 1. The van der Waals surface area contributed by atoms with E-state index < -0.39 is 41.4 Å². The van der Waals surface area contributed by atoms with Crippen LogP contribution in [-0.4, -0.2) is 27.0 Å². The lowest BCUT2D eigenvalue weighted by Crippen LogP contribution is -2.47. The van der Waals surface area contributed by atoms with Crippen LogP contribution in [0.4, 0.5) is 14.5 Å². The van der Waals surface area contributed by atoms with E-state index in [4.69, 9.17) is 11.6 Å². The van der Waals surface area contributed by atoms with Crippen molar-refractivity contribution >= 4 is 29.2 Å². The molecule has 6 nitrogen and oxygen atoms in total. The maximum Gasteiger partial charge on any atom is 0.316 e. The van der Waals surface area contributed by atoms with Gasteiger partial charge in [-0.1, -0.05) is 23.7 Å². The molecular formula is C23H18ClF2N3O3. The van der Waals surface area contributed by atoms with E-state index in [1.165, 1.54) is 6.20 Å². The highest BCUT2D eigenvalue weighted by molar-refractivity contribution is 6.34. The first-order valence-corrected chi connectivity index (χ1v) is 10.5. The van der Waals surface area contributed by atoms with Crippen LogP contribution in [-0.2, 0) is 4.79 Å². The average molecular weight is 458 g/mol. The van der Waals surface area contributed by atoms with Crippen LogP contribution in [0.5, 0.6) is 0 Å². The second-order valence-corrected chi connectivity index (χ2v) is 8.65. The molecule has 1 amide bonds. The number of carboxylic acids is 1. The molecule has 2 heterocycles. The number of rotatable bonds is 4. The standard InChI is InChI=1S/C23H18ClF2N3O3/c24-16-4-1-3-15(12-6-7-12)18(16)21(30)29-20(19-17(28-29)5-2-8-27-19)23(22(31)32)10-13(25)9-14(26)11-23/h1-5,8-10,12,20,28H,6-7,11H2,(H,31,32). The van der Waals surface area contributed by atoms with Gasteiger partial charge in [-0.25, -0.2) is 13.8 Å². The molecule has 1 fully saturated rings. The third kappa shape index (κ3) is 3.17. The van der Waals surface area contributed by atoms with Gasteiger partial charge in [-0.15, -0.1) is 0 Å². The second-order valence-electron chi connectivity index (χ2n) is 8.25. The molecule has 32 heavy (non-hydrogen) atoms. The summed E-state index contributed by atoms with van der Waals surface area (Å²) in [6, 6.07) is 7.11. The summed E-state index contributed by atoms with van der Waals surface area (Å²) in [5.41, 5.74) is 2.42. The highest BCUT2D eigenvalue weighted by Gasteiger charge is 2.56. The van der Waals surface area contributed by atoms with E-state index in [-0.39, 0.29) is 22.2 Å². The minimum atomic E-state index is -2.10. The lowest BCUT2D eigenvalue weighted by molar-refractivity contribution is -0.149. The molecule has 5 rings (SSSR count). The Morgan fingerprint density at radius 1 is 1.22 bits per heavy atom. The fraction of sp³-hybridized carbons (Fsp3) is 0.261. The zero-order valence-corrected chi connectivity index (χ0v) is 17.4. The second kappa shape index (κ2) is 7.41. The quantitative estimate of drug-likeness (QED) is 0.649. The van der Waals surface area contributed by atoms with Crippen molar-refractivity contribution in [2.75, 3.05) is 5.43 Å². The number of pyridine rings is 1. The number of nitrogens with zero attached hydrogens (tertiary/aromatic N) is 2. The molecule has 9 heteroatoms. The summed E-state index contributed by atoms with van der Waals surface area (Å²) in [6.45, 7) is 0. The van der Waals surface area contributed by atoms with E-state index in [1.54, 1.807) is 24.3 Å². The SMILES string of the molecule is O=C(c1c(Cl)cccc1C1CC1)N1Nc2cccnc2C1C1(C(=O)O)C=C(F)C=C(F)C1. The molecule has 2 atom stereocenters. The number of hydrogen-bond acceptors (Lipinski definition) is 4. The Hall–Kier alpha value is -3.26.